The lowest BCUT2D eigenvalue weighted by molar-refractivity contribution is 0.492. The monoisotopic (exact) mass is 217 g/mol. The molecule has 1 aromatic carbocycles. The van der Waals surface area contributed by atoms with Crippen molar-refractivity contribution >= 4 is 0 Å². The molecule has 0 heterocycles. The summed E-state index contributed by atoms with van der Waals surface area (Å²) >= 11 is 0. The van der Waals surface area contributed by atoms with E-state index in [2.05, 4.69) is 44.3 Å². The Morgan fingerprint density at radius 1 is 1.12 bits per heavy atom. The highest BCUT2D eigenvalue weighted by Crippen LogP contribution is 2.35. The van der Waals surface area contributed by atoms with Gasteiger partial charge in [-0.1, -0.05) is 42.7 Å². The Balaban J connectivity index is 2.21. The fourth-order valence-electron chi connectivity index (χ4n) is 3.09. The fourth-order valence-corrected chi connectivity index (χ4v) is 3.09. The van der Waals surface area contributed by atoms with Crippen LogP contribution in [0.25, 0.3) is 0 Å². The quantitative estimate of drug-likeness (QED) is 0.816. The normalized spacial score (nSPS) is 24.9. The van der Waals surface area contributed by atoms with Gasteiger partial charge in [0.1, 0.15) is 0 Å². The van der Waals surface area contributed by atoms with E-state index in [4.69, 9.17) is 0 Å². The van der Waals surface area contributed by atoms with Crippen LogP contribution in [0.3, 0.4) is 0 Å². The molecule has 1 nitrogen and oxygen atoms in total. The summed E-state index contributed by atoms with van der Waals surface area (Å²) < 4.78 is 0. The van der Waals surface area contributed by atoms with E-state index in [-0.39, 0.29) is 0 Å². The number of nitrogens with one attached hydrogen (secondary N) is 1. The van der Waals surface area contributed by atoms with Gasteiger partial charge in [0.15, 0.2) is 0 Å². The lowest BCUT2D eigenvalue weighted by Crippen LogP contribution is -2.30. The molecular weight excluding hydrogens is 194 g/mol. The van der Waals surface area contributed by atoms with Gasteiger partial charge in [0.25, 0.3) is 0 Å². The number of hydrogen-bond donors (Lipinski definition) is 1. The summed E-state index contributed by atoms with van der Waals surface area (Å²) in [7, 11) is 0. The van der Waals surface area contributed by atoms with Crippen LogP contribution in [0.5, 0.6) is 0 Å². The maximum absolute atomic E-state index is 3.63. The van der Waals surface area contributed by atoms with Gasteiger partial charge in [0, 0.05) is 6.04 Å². The van der Waals surface area contributed by atoms with Crippen LogP contribution in [-0.2, 0) is 0 Å². The van der Waals surface area contributed by atoms with Crippen LogP contribution < -0.4 is 5.32 Å². The molecule has 16 heavy (non-hydrogen) atoms. The van der Waals surface area contributed by atoms with Crippen LogP contribution in [0.2, 0.25) is 0 Å². The molecule has 1 aromatic rings. The predicted molar refractivity (Wildman–Crippen MR) is 70.0 cm³/mol. The van der Waals surface area contributed by atoms with Gasteiger partial charge in [-0.05, 0) is 44.7 Å². The van der Waals surface area contributed by atoms with Crippen LogP contribution in [-0.4, -0.2) is 12.6 Å². The second-order valence-electron chi connectivity index (χ2n) is 5.12. The molecule has 2 atom stereocenters. The summed E-state index contributed by atoms with van der Waals surface area (Å²) in [5, 5.41) is 3.63. The standard InChI is InChI=1S/C15H23N/c1-4-16-15-7-5-6-14(15)13-9-11(2)8-12(3)10-13/h8-10,14-16H,4-7H2,1-3H3. The molecule has 0 amide bonds. The molecule has 0 aliphatic heterocycles. The number of benzene rings is 1. The molecule has 1 aliphatic carbocycles. The maximum atomic E-state index is 3.63. The van der Waals surface area contributed by atoms with Gasteiger partial charge in [-0.25, -0.2) is 0 Å². The Kier molecular flexibility index (Phi) is 3.65. The zero-order valence-corrected chi connectivity index (χ0v) is 10.7. The highest BCUT2D eigenvalue weighted by molar-refractivity contribution is 5.32. The molecule has 0 aromatic heterocycles. The number of likely N-dealkylation sites (N-methyl/N-ethyl adjacent to an activating group) is 1. The number of hydrogen-bond acceptors (Lipinski definition) is 1. The van der Waals surface area contributed by atoms with E-state index in [9.17, 15) is 0 Å². The zero-order valence-electron chi connectivity index (χ0n) is 10.7. The van der Waals surface area contributed by atoms with Gasteiger partial charge >= 0.3 is 0 Å². The molecule has 0 bridgehead atoms. The molecule has 2 rings (SSSR count). The van der Waals surface area contributed by atoms with E-state index in [0.717, 1.165) is 12.5 Å². The first-order valence-corrected chi connectivity index (χ1v) is 6.52. The van der Waals surface area contributed by atoms with Gasteiger partial charge in [-0.2, -0.15) is 0 Å². The first-order valence-electron chi connectivity index (χ1n) is 6.52. The minimum Gasteiger partial charge on any atom is -0.314 e. The summed E-state index contributed by atoms with van der Waals surface area (Å²) in [6.07, 6.45) is 4.06. The molecular formula is C15H23N. The van der Waals surface area contributed by atoms with E-state index in [1.807, 2.05) is 0 Å². The molecule has 1 N–H and O–H groups in total. The minimum absolute atomic E-state index is 0.700. The molecule has 0 saturated heterocycles. The smallest absolute Gasteiger partial charge is 0.0136 e. The molecule has 1 fully saturated rings. The first-order chi connectivity index (χ1) is 7.70. The van der Waals surface area contributed by atoms with E-state index in [1.54, 1.807) is 5.56 Å². The third kappa shape index (κ3) is 2.46. The lowest BCUT2D eigenvalue weighted by Gasteiger charge is -2.21. The molecule has 1 aliphatic rings. The topological polar surface area (TPSA) is 12.0 Å². The van der Waals surface area contributed by atoms with Crippen molar-refractivity contribution in [2.45, 2.75) is 52.0 Å². The largest absolute Gasteiger partial charge is 0.314 e. The lowest BCUT2D eigenvalue weighted by atomic mass is 9.91. The third-order valence-electron chi connectivity index (χ3n) is 3.65. The van der Waals surface area contributed by atoms with Gasteiger partial charge < -0.3 is 5.32 Å². The molecule has 88 valence electrons. The maximum Gasteiger partial charge on any atom is 0.0136 e. The van der Waals surface area contributed by atoms with Crippen LogP contribution in [0.4, 0.5) is 0 Å². The number of aryl methyl sites for hydroxylation is 2. The van der Waals surface area contributed by atoms with E-state index < -0.39 is 0 Å². The van der Waals surface area contributed by atoms with Crippen molar-refractivity contribution in [1.29, 1.82) is 0 Å². The Labute approximate surface area is 99.3 Å². The van der Waals surface area contributed by atoms with Gasteiger partial charge in [-0.3, -0.25) is 0 Å². The van der Waals surface area contributed by atoms with E-state index in [1.165, 1.54) is 30.4 Å². The second-order valence-corrected chi connectivity index (χ2v) is 5.12. The Hall–Kier alpha value is -0.820. The van der Waals surface area contributed by atoms with E-state index in [0.29, 0.717) is 6.04 Å². The molecule has 0 radical (unpaired) electrons. The molecule has 0 spiro atoms. The highest BCUT2D eigenvalue weighted by atomic mass is 14.9. The Bertz CT molecular complexity index is 336. The minimum atomic E-state index is 0.700. The summed E-state index contributed by atoms with van der Waals surface area (Å²) in [5.41, 5.74) is 4.34. The van der Waals surface area contributed by atoms with Gasteiger partial charge in [0.2, 0.25) is 0 Å². The summed E-state index contributed by atoms with van der Waals surface area (Å²) in [6, 6.07) is 7.70. The van der Waals surface area contributed by atoms with Crippen molar-refractivity contribution < 1.29 is 0 Å². The van der Waals surface area contributed by atoms with Crippen LogP contribution >= 0.6 is 0 Å². The SMILES string of the molecule is CCNC1CCCC1c1cc(C)cc(C)c1. The van der Waals surface area contributed by atoms with Crippen LogP contribution in [0.1, 0.15) is 48.8 Å². The molecule has 1 saturated carbocycles. The van der Waals surface area contributed by atoms with Gasteiger partial charge in [-0.15, -0.1) is 0 Å². The van der Waals surface area contributed by atoms with Crippen LogP contribution in [0.15, 0.2) is 18.2 Å². The summed E-state index contributed by atoms with van der Waals surface area (Å²) in [5.74, 6) is 0.735. The van der Waals surface area contributed by atoms with Gasteiger partial charge in [0.05, 0.1) is 0 Å². The first kappa shape index (κ1) is 11.7. The average Bonchev–Trinajstić information content (AvgIpc) is 2.65. The van der Waals surface area contributed by atoms with Crippen LogP contribution in [0, 0.1) is 13.8 Å². The average molecular weight is 217 g/mol. The van der Waals surface area contributed by atoms with Crippen molar-refractivity contribution in [3.8, 4) is 0 Å². The number of rotatable bonds is 3. The second kappa shape index (κ2) is 5.01. The van der Waals surface area contributed by atoms with Crippen molar-refractivity contribution in [3.05, 3.63) is 34.9 Å². The highest BCUT2D eigenvalue weighted by Gasteiger charge is 2.27. The van der Waals surface area contributed by atoms with E-state index >= 15 is 0 Å². The third-order valence-corrected chi connectivity index (χ3v) is 3.65. The van der Waals surface area contributed by atoms with Crippen molar-refractivity contribution in [1.82, 2.24) is 5.32 Å². The summed E-state index contributed by atoms with van der Waals surface area (Å²) in [4.78, 5) is 0. The van der Waals surface area contributed by atoms with Crippen molar-refractivity contribution in [3.63, 3.8) is 0 Å². The fraction of sp³-hybridized carbons (Fsp3) is 0.600. The van der Waals surface area contributed by atoms with Crippen molar-refractivity contribution in [2.75, 3.05) is 6.54 Å². The predicted octanol–water partition coefficient (Wildman–Crippen LogP) is 3.55. The van der Waals surface area contributed by atoms with Crippen molar-refractivity contribution in [2.24, 2.45) is 0 Å². The zero-order chi connectivity index (χ0) is 11.5. The Morgan fingerprint density at radius 2 is 1.81 bits per heavy atom. The molecule has 1 heteroatoms. The Morgan fingerprint density at radius 3 is 2.44 bits per heavy atom. The summed E-state index contributed by atoms with van der Waals surface area (Å²) in [6.45, 7) is 7.70. The molecule has 2 unspecified atom stereocenters.